The van der Waals surface area contributed by atoms with Crippen LogP contribution in [0.15, 0.2) is 53.3 Å². The number of methoxy groups -OCH3 is 1. The number of benzene rings is 2. The highest BCUT2D eigenvalue weighted by Gasteiger charge is 2.25. The topological polar surface area (TPSA) is 145 Å². The second-order valence-electron chi connectivity index (χ2n) is 7.30. The van der Waals surface area contributed by atoms with E-state index in [1.54, 1.807) is 37.4 Å². The van der Waals surface area contributed by atoms with Gasteiger partial charge in [-0.25, -0.2) is 0 Å². The van der Waals surface area contributed by atoms with E-state index in [-0.39, 0.29) is 34.7 Å². The van der Waals surface area contributed by atoms with E-state index in [0.29, 0.717) is 12.2 Å². The maximum absolute atomic E-state index is 12.9. The highest BCUT2D eigenvalue weighted by atomic mass is 16.6. The van der Waals surface area contributed by atoms with Crippen LogP contribution in [0.25, 0.3) is 0 Å². The predicted octanol–water partition coefficient (Wildman–Crippen LogP) is 3.16. The standard InChI is InChI=1S/C24H21N3O7/c1-15-18(13-25)23(29)26(12-11-16-7-9-17(33-2)10-8-16)24(30)22(15)20(28)14-34-21-6-4-3-5-19(21)27(31)32/h3-10,30H,11-12,14H2,1-2H3. The van der Waals surface area contributed by atoms with Gasteiger partial charge in [0.05, 0.1) is 17.6 Å². The van der Waals surface area contributed by atoms with Gasteiger partial charge in [-0.15, -0.1) is 0 Å². The van der Waals surface area contributed by atoms with Crippen LogP contribution in [-0.4, -0.2) is 34.1 Å². The summed E-state index contributed by atoms with van der Waals surface area (Å²) in [5.74, 6) is -0.780. The largest absolute Gasteiger partial charge is 0.497 e. The summed E-state index contributed by atoms with van der Waals surface area (Å²) in [6.45, 7) is 0.754. The van der Waals surface area contributed by atoms with Gasteiger partial charge < -0.3 is 14.6 Å². The molecule has 0 amide bonds. The minimum atomic E-state index is -0.733. The van der Waals surface area contributed by atoms with Crippen LogP contribution in [0.4, 0.5) is 5.69 Å². The van der Waals surface area contributed by atoms with Crippen molar-refractivity contribution in [2.75, 3.05) is 13.7 Å². The smallest absolute Gasteiger partial charge is 0.310 e. The highest BCUT2D eigenvalue weighted by Crippen LogP contribution is 2.27. The van der Waals surface area contributed by atoms with Gasteiger partial charge in [-0.05, 0) is 42.7 Å². The number of aromatic hydroxyl groups is 1. The van der Waals surface area contributed by atoms with Gasteiger partial charge in [0.1, 0.15) is 17.4 Å². The molecule has 0 spiro atoms. The third-order valence-electron chi connectivity index (χ3n) is 5.28. The predicted molar refractivity (Wildman–Crippen MR) is 121 cm³/mol. The van der Waals surface area contributed by atoms with Crippen LogP contribution in [0.2, 0.25) is 0 Å². The number of ketones is 1. The number of hydrogen-bond acceptors (Lipinski definition) is 8. The molecule has 2 aromatic carbocycles. The molecule has 0 unspecified atom stereocenters. The first kappa shape index (κ1) is 24.0. The number of carbonyl (C=O) groups excluding carboxylic acids is 1. The van der Waals surface area contributed by atoms with Crippen molar-refractivity contribution in [3.05, 3.63) is 91.3 Å². The molecule has 0 fully saturated rings. The first-order chi connectivity index (χ1) is 16.3. The van der Waals surface area contributed by atoms with Crippen LogP contribution >= 0.6 is 0 Å². The Labute approximate surface area is 194 Å². The summed E-state index contributed by atoms with van der Waals surface area (Å²) in [6.07, 6.45) is 0.339. The van der Waals surface area contributed by atoms with Crippen molar-refractivity contribution in [2.24, 2.45) is 0 Å². The van der Waals surface area contributed by atoms with E-state index >= 15 is 0 Å². The molecule has 174 valence electrons. The first-order valence-electron chi connectivity index (χ1n) is 10.2. The van der Waals surface area contributed by atoms with Crippen molar-refractivity contribution in [3.8, 4) is 23.4 Å². The van der Waals surface area contributed by atoms with Crippen molar-refractivity contribution in [1.29, 1.82) is 5.26 Å². The molecule has 0 saturated heterocycles. The van der Waals surface area contributed by atoms with Crippen molar-refractivity contribution in [1.82, 2.24) is 4.57 Å². The zero-order chi connectivity index (χ0) is 24.8. The molecule has 1 heterocycles. The van der Waals surface area contributed by atoms with Crippen molar-refractivity contribution in [3.63, 3.8) is 0 Å². The van der Waals surface area contributed by atoms with Gasteiger partial charge in [0.25, 0.3) is 5.56 Å². The molecular weight excluding hydrogens is 442 g/mol. The monoisotopic (exact) mass is 463 g/mol. The Balaban J connectivity index is 1.91. The Hall–Kier alpha value is -4.65. The van der Waals surface area contributed by atoms with Gasteiger partial charge in [0, 0.05) is 12.6 Å². The Morgan fingerprint density at radius 3 is 2.50 bits per heavy atom. The van der Waals surface area contributed by atoms with E-state index in [0.717, 1.165) is 10.1 Å². The van der Waals surface area contributed by atoms with Crippen LogP contribution in [0.5, 0.6) is 17.4 Å². The average molecular weight is 463 g/mol. The fraction of sp³-hybridized carbons (Fsp3) is 0.208. The van der Waals surface area contributed by atoms with Crippen LogP contribution in [0, 0.1) is 28.4 Å². The number of nitro groups is 1. The normalized spacial score (nSPS) is 10.4. The lowest BCUT2D eigenvalue weighted by molar-refractivity contribution is -0.385. The number of pyridine rings is 1. The Bertz CT molecular complexity index is 1340. The minimum Gasteiger partial charge on any atom is -0.497 e. The van der Waals surface area contributed by atoms with Gasteiger partial charge in [0.15, 0.2) is 12.4 Å². The lowest BCUT2D eigenvalue weighted by Crippen LogP contribution is -2.28. The Morgan fingerprint density at radius 2 is 1.88 bits per heavy atom. The molecule has 10 heteroatoms. The summed E-state index contributed by atoms with van der Waals surface area (Å²) >= 11 is 0. The number of nitriles is 1. The average Bonchev–Trinajstić information content (AvgIpc) is 2.83. The molecule has 10 nitrogen and oxygen atoms in total. The maximum Gasteiger partial charge on any atom is 0.310 e. The van der Waals surface area contributed by atoms with E-state index in [1.165, 1.54) is 31.2 Å². The number of aryl methyl sites for hydroxylation is 1. The summed E-state index contributed by atoms with van der Waals surface area (Å²) in [5.41, 5.74) is -0.702. The van der Waals surface area contributed by atoms with Crippen LogP contribution in [0.1, 0.15) is 27.0 Å². The lowest BCUT2D eigenvalue weighted by Gasteiger charge is -2.16. The van der Waals surface area contributed by atoms with Crippen LogP contribution in [0.3, 0.4) is 0 Å². The summed E-state index contributed by atoms with van der Waals surface area (Å²) < 4.78 is 11.4. The number of nitro benzene ring substituents is 1. The highest BCUT2D eigenvalue weighted by molar-refractivity contribution is 6.01. The Morgan fingerprint density at radius 1 is 1.21 bits per heavy atom. The fourth-order valence-electron chi connectivity index (χ4n) is 3.47. The Kier molecular flexibility index (Phi) is 7.28. The zero-order valence-electron chi connectivity index (χ0n) is 18.5. The van der Waals surface area contributed by atoms with Gasteiger partial charge in [0.2, 0.25) is 11.7 Å². The SMILES string of the molecule is COc1ccc(CCn2c(O)c(C(=O)COc3ccccc3[N+](=O)[O-])c(C)c(C#N)c2=O)cc1. The molecule has 0 aliphatic carbocycles. The third-order valence-corrected chi connectivity index (χ3v) is 5.28. The summed E-state index contributed by atoms with van der Waals surface area (Å²) in [4.78, 5) is 36.2. The number of Topliss-reactive ketones (excluding diaryl/α,β-unsaturated/α-hetero) is 1. The van der Waals surface area contributed by atoms with E-state index in [1.807, 2.05) is 0 Å². The number of ether oxygens (including phenoxy) is 2. The molecule has 3 aromatic rings. The number of carbonyl (C=O) groups is 1. The van der Waals surface area contributed by atoms with Gasteiger partial charge in [-0.3, -0.25) is 24.3 Å². The molecular formula is C24H21N3O7. The summed E-state index contributed by atoms with van der Waals surface area (Å²) in [6, 6.07) is 14.4. The number of rotatable bonds is 9. The molecule has 0 aliphatic rings. The van der Waals surface area contributed by atoms with Gasteiger partial charge in [-0.2, -0.15) is 5.26 Å². The van der Waals surface area contributed by atoms with E-state index in [4.69, 9.17) is 9.47 Å². The molecule has 34 heavy (non-hydrogen) atoms. The van der Waals surface area contributed by atoms with E-state index in [2.05, 4.69) is 0 Å². The van der Waals surface area contributed by atoms with Gasteiger partial charge in [-0.1, -0.05) is 24.3 Å². The maximum atomic E-state index is 12.9. The first-order valence-corrected chi connectivity index (χ1v) is 10.2. The zero-order valence-corrected chi connectivity index (χ0v) is 18.5. The molecule has 3 rings (SSSR count). The second kappa shape index (κ2) is 10.3. The molecule has 0 aliphatic heterocycles. The van der Waals surface area contributed by atoms with E-state index < -0.39 is 28.8 Å². The van der Waals surface area contributed by atoms with Gasteiger partial charge >= 0.3 is 5.69 Å². The van der Waals surface area contributed by atoms with Crippen LogP contribution in [-0.2, 0) is 13.0 Å². The molecule has 1 aromatic heterocycles. The number of para-hydroxylation sites is 2. The minimum absolute atomic E-state index is 0.0112. The van der Waals surface area contributed by atoms with Crippen molar-refractivity contribution in [2.45, 2.75) is 19.9 Å². The quantitative estimate of drug-likeness (QED) is 0.289. The lowest BCUT2D eigenvalue weighted by atomic mass is 10.0. The molecule has 0 bridgehead atoms. The molecule has 0 atom stereocenters. The van der Waals surface area contributed by atoms with Crippen LogP contribution < -0.4 is 15.0 Å². The van der Waals surface area contributed by atoms with Crippen molar-refractivity contribution < 1.29 is 24.3 Å². The number of aromatic nitrogens is 1. The molecule has 0 radical (unpaired) electrons. The summed E-state index contributed by atoms with van der Waals surface area (Å²) in [7, 11) is 1.54. The van der Waals surface area contributed by atoms with E-state index in [9.17, 15) is 30.1 Å². The van der Waals surface area contributed by atoms with Crippen molar-refractivity contribution >= 4 is 11.5 Å². The summed E-state index contributed by atoms with van der Waals surface area (Å²) in [5, 5.41) is 31.4. The molecule has 0 saturated carbocycles. The molecule has 1 N–H and O–H groups in total. The third kappa shape index (κ3) is 4.88. The second-order valence-corrected chi connectivity index (χ2v) is 7.30. The fourth-order valence-corrected chi connectivity index (χ4v) is 3.47. The number of hydrogen-bond donors (Lipinski definition) is 1. The number of nitrogens with zero attached hydrogens (tertiary/aromatic N) is 3.